The fourth-order valence-electron chi connectivity index (χ4n) is 2.06. The molecule has 1 heterocycles. The minimum Gasteiger partial charge on any atom is -0.385 e. The van der Waals surface area contributed by atoms with Crippen molar-refractivity contribution in [3.05, 3.63) is 0 Å². The van der Waals surface area contributed by atoms with Crippen LogP contribution >= 0.6 is 0 Å². The van der Waals surface area contributed by atoms with Gasteiger partial charge in [0.15, 0.2) is 0 Å². The Hall–Kier alpha value is -0.610. The molecule has 1 aliphatic rings. The van der Waals surface area contributed by atoms with E-state index in [9.17, 15) is 4.79 Å². The van der Waals surface area contributed by atoms with Crippen molar-refractivity contribution < 1.29 is 9.53 Å². The molecule has 108 valence electrons. The highest BCUT2D eigenvalue weighted by atomic mass is 16.5. The largest absolute Gasteiger partial charge is 0.385 e. The minimum atomic E-state index is 0.285. The molecule has 0 aromatic heterocycles. The summed E-state index contributed by atoms with van der Waals surface area (Å²) in [6.07, 6.45) is 2.66. The van der Waals surface area contributed by atoms with Gasteiger partial charge in [0.1, 0.15) is 0 Å². The van der Waals surface area contributed by atoms with E-state index in [-0.39, 0.29) is 5.91 Å². The van der Waals surface area contributed by atoms with Crippen LogP contribution in [0.1, 0.15) is 40.0 Å². The first-order valence-corrected chi connectivity index (χ1v) is 7.27. The molecule has 0 aliphatic carbocycles. The third-order valence-electron chi connectivity index (χ3n) is 3.00. The second kappa shape index (κ2) is 11.5. The van der Waals surface area contributed by atoms with Crippen LogP contribution in [0.3, 0.4) is 0 Å². The third kappa shape index (κ3) is 6.97. The van der Waals surface area contributed by atoms with Gasteiger partial charge in [0.05, 0.1) is 0 Å². The van der Waals surface area contributed by atoms with Crippen LogP contribution in [0.15, 0.2) is 0 Å². The smallest absolute Gasteiger partial charge is 0.222 e. The van der Waals surface area contributed by atoms with Gasteiger partial charge in [-0.2, -0.15) is 0 Å². The average molecular weight is 258 g/mol. The topological polar surface area (TPSA) is 32.8 Å². The van der Waals surface area contributed by atoms with Gasteiger partial charge >= 0.3 is 0 Å². The molecule has 1 aliphatic heterocycles. The van der Waals surface area contributed by atoms with Gasteiger partial charge in [0, 0.05) is 46.3 Å². The van der Waals surface area contributed by atoms with E-state index in [0.717, 1.165) is 39.1 Å². The van der Waals surface area contributed by atoms with Crippen LogP contribution in [0.2, 0.25) is 0 Å². The van der Waals surface area contributed by atoms with E-state index >= 15 is 0 Å². The summed E-state index contributed by atoms with van der Waals surface area (Å²) < 4.78 is 4.95. The molecule has 1 saturated heterocycles. The summed E-state index contributed by atoms with van der Waals surface area (Å²) in [4.78, 5) is 16.2. The van der Waals surface area contributed by atoms with Crippen LogP contribution in [-0.4, -0.2) is 62.1 Å². The fourth-order valence-corrected chi connectivity index (χ4v) is 2.06. The number of rotatable bonds is 6. The summed E-state index contributed by atoms with van der Waals surface area (Å²) in [5.74, 6) is 0.285. The van der Waals surface area contributed by atoms with E-state index in [4.69, 9.17) is 4.74 Å². The summed E-state index contributed by atoms with van der Waals surface area (Å²) in [7, 11) is 1.67. The number of hydrogen-bond donors (Lipinski definition) is 0. The first-order chi connectivity index (χ1) is 8.77. The lowest BCUT2D eigenvalue weighted by molar-refractivity contribution is -0.133. The van der Waals surface area contributed by atoms with E-state index in [2.05, 4.69) is 11.8 Å². The highest BCUT2D eigenvalue weighted by molar-refractivity contribution is 5.76. The zero-order valence-electron chi connectivity index (χ0n) is 12.6. The lowest BCUT2D eigenvalue weighted by atomic mass is 10.2. The number of carbonyl (C=O) groups excluding carboxylic acids is 1. The maximum atomic E-state index is 11.8. The molecular formula is C14H30N2O2. The van der Waals surface area contributed by atoms with Crippen molar-refractivity contribution in [1.29, 1.82) is 0 Å². The molecule has 0 unspecified atom stereocenters. The molecule has 0 spiro atoms. The Morgan fingerprint density at radius 3 is 2.28 bits per heavy atom. The second-order valence-electron chi connectivity index (χ2n) is 4.32. The molecule has 0 atom stereocenters. The summed E-state index contributed by atoms with van der Waals surface area (Å²) in [6, 6.07) is 0. The van der Waals surface area contributed by atoms with Crippen LogP contribution < -0.4 is 0 Å². The van der Waals surface area contributed by atoms with Crippen LogP contribution in [-0.2, 0) is 9.53 Å². The zero-order valence-corrected chi connectivity index (χ0v) is 12.6. The van der Waals surface area contributed by atoms with Gasteiger partial charge in [0.25, 0.3) is 0 Å². The van der Waals surface area contributed by atoms with Gasteiger partial charge < -0.3 is 9.64 Å². The van der Waals surface area contributed by atoms with Crippen molar-refractivity contribution in [3.63, 3.8) is 0 Å². The van der Waals surface area contributed by atoms with Crippen molar-refractivity contribution in [3.8, 4) is 0 Å². The number of amides is 1. The number of carbonyl (C=O) groups is 1. The monoisotopic (exact) mass is 258 g/mol. The minimum absolute atomic E-state index is 0.285. The van der Waals surface area contributed by atoms with E-state index < -0.39 is 0 Å². The maximum absolute atomic E-state index is 11.8. The average Bonchev–Trinajstić information content (AvgIpc) is 2.42. The van der Waals surface area contributed by atoms with Crippen molar-refractivity contribution in [2.75, 3.05) is 46.4 Å². The molecule has 0 aromatic rings. The first-order valence-electron chi connectivity index (χ1n) is 7.27. The molecular weight excluding hydrogens is 228 g/mol. The maximum Gasteiger partial charge on any atom is 0.222 e. The molecule has 0 bridgehead atoms. The van der Waals surface area contributed by atoms with E-state index in [1.807, 2.05) is 18.7 Å². The Kier molecular flexibility index (Phi) is 11.1. The van der Waals surface area contributed by atoms with Crippen LogP contribution in [0.5, 0.6) is 0 Å². The van der Waals surface area contributed by atoms with Gasteiger partial charge in [-0.15, -0.1) is 0 Å². The first kappa shape index (κ1) is 17.4. The van der Waals surface area contributed by atoms with E-state index in [0.29, 0.717) is 13.0 Å². The van der Waals surface area contributed by atoms with Crippen molar-refractivity contribution >= 4 is 5.91 Å². The zero-order chi connectivity index (χ0) is 13.8. The van der Waals surface area contributed by atoms with Crippen LogP contribution in [0.4, 0.5) is 0 Å². The summed E-state index contributed by atoms with van der Waals surface area (Å²) in [5, 5.41) is 0. The quantitative estimate of drug-likeness (QED) is 0.683. The van der Waals surface area contributed by atoms with Gasteiger partial charge in [-0.1, -0.05) is 20.8 Å². The fraction of sp³-hybridized carbons (Fsp3) is 0.929. The molecule has 18 heavy (non-hydrogen) atoms. The SMILES string of the molecule is CC.CCCN1CCN(C(=O)CCCOC)CC1. The van der Waals surface area contributed by atoms with E-state index in [1.165, 1.54) is 6.42 Å². The summed E-state index contributed by atoms with van der Waals surface area (Å²) >= 11 is 0. The molecule has 1 amide bonds. The number of piperazine rings is 1. The van der Waals surface area contributed by atoms with Gasteiger partial charge in [0.2, 0.25) is 5.91 Å². The number of hydrogen-bond acceptors (Lipinski definition) is 3. The molecule has 0 saturated carbocycles. The Morgan fingerprint density at radius 2 is 1.78 bits per heavy atom. The van der Waals surface area contributed by atoms with Crippen molar-refractivity contribution in [2.45, 2.75) is 40.0 Å². The van der Waals surface area contributed by atoms with Crippen molar-refractivity contribution in [1.82, 2.24) is 9.80 Å². The Labute approximate surface area is 112 Å². The Balaban J connectivity index is 0.00000137. The number of methoxy groups -OCH3 is 1. The molecule has 1 rings (SSSR count). The number of ether oxygens (including phenoxy) is 1. The lowest BCUT2D eigenvalue weighted by Gasteiger charge is -2.34. The molecule has 4 nitrogen and oxygen atoms in total. The highest BCUT2D eigenvalue weighted by Crippen LogP contribution is 2.05. The van der Waals surface area contributed by atoms with Crippen molar-refractivity contribution in [2.24, 2.45) is 0 Å². The Morgan fingerprint density at radius 1 is 1.17 bits per heavy atom. The summed E-state index contributed by atoms with van der Waals surface area (Å²) in [6.45, 7) is 11.9. The molecule has 0 N–H and O–H groups in total. The summed E-state index contributed by atoms with van der Waals surface area (Å²) in [5.41, 5.74) is 0. The standard InChI is InChI=1S/C12H24N2O2.C2H6/c1-3-6-13-7-9-14(10-8-13)12(15)5-4-11-16-2;1-2/h3-11H2,1-2H3;1-2H3. The van der Waals surface area contributed by atoms with Gasteiger partial charge in [-0.3, -0.25) is 9.69 Å². The third-order valence-corrected chi connectivity index (χ3v) is 3.00. The number of nitrogens with zero attached hydrogens (tertiary/aromatic N) is 2. The van der Waals surface area contributed by atoms with E-state index in [1.54, 1.807) is 7.11 Å². The highest BCUT2D eigenvalue weighted by Gasteiger charge is 2.19. The predicted molar refractivity (Wildman–Crippen MR) is 75.8 cm³/mol. The second-order valence-corrected chi connectivity index (χ2v) is 4.32. The van der Waals surface area contributed by atoms with Gasteiger partial charge in [-0.05, 0) is 19.4 Å². The molecule has 4 heteroatoms. The molecule has 1 fully saturated rings. The lowest BCUT2D eigenvalue weighted by Crippen LogP contribution is -2.48. The Bertz CT molecular complexity index is 202. The molecule has 0 radical (unpaired) electrons. The normalized spacial score (nSPS) is 16.1. The molecule has 0 aromatic carbocycles. The van der Waals surface area contributed by atoms with Gasteiger partial charge in [-0.25, -0.2) is 0 Å². The predicted octanol–water partition coefficient (Wildman–Crippen LogP) is 1.99. The van der Waals surface area contributed by atoms with Crippen LogP contribution in [0, 0.1) is 0 Å². The van der Waals surface area contributed by atoms with Crippen LogP contribution in [0.25, 0.3) is 0 Å².